The number of hydrogen-bond donors (Lipinski definition) is 0. The van der Waals surface area contributed by atoms with E-state index < -0.39 is 0 Å². The molecule has 0 saturated heterocycles. The summed E-state index contributed by atoms with van der Waals surface area (Å²) in [6.07, 6.45) is 10.5. The van der Waals surface area contributed by atoms with Gasteiger partial charge in [-0.05, 0) is 12.2 Å². The summed E-state index contributed by atoms with van der Waals surface area (Å²) in [6, 6.07) is 0. The predicted molar refractivity (Wildman–Crippen MR) is 40.8 cm³/mol. The summed E-state index contributed by atoms with van der Waals surface area (Å²) in [6.45, 7) is 0. The highest BCUT2D eigenvalue weighted by molar-refractivity contribution is 5.71. The molecule has 2 heteroatoms. The van der Waals surface area contributed by atoms with Crippen molar-refractivity contribution in [3.8, 4) is 0 Å². The lowest BCUT2D eigenvalue weighted by Crippen LogP contribution is -2.13. The SMILES string of the molecule is O=CC1=CC2C=CC=CC2O1. The van der Waals surface area contributed by atoms with Gasteiger partial charge in [-0.1, -0.05) is 18.2 Å². The van der Waals surface area contributed by atoms with E-state index >= 15 is 0 Å². The van der Waals surface area contributed by atoms with Crippen LogP contribution in [0.1, 0.15) is 0 Å². The van der Waals surface area contributed by atoms with Crippen LogP contribution in [0.25, 0.3) is 0 Å². The first-order valence-electron chi connectivity index (χ1n) is 3.59. The molecular formula is C9H8O2. The van der Waals surface area contributed by atoms with Gasteiger partial charge in [-0.15, -0.1) is 0 Å². The van der Waals surface area contributed by atoms with E-state index in [4.69, 9.17) is 4.74 Å². The minimum atomic E-state index is 0.0557. The van der Waals surface area contributed by atoms with Crippen molar-refractivity contribution >= 4 is 6.29 Å². The second-order valence-electron chi connectivity index (χ2n) is 2.62. The molecule has 11 heavy (non-hydrogen) atoms. The quantitative estimate of drug-likeness (QED) is 0.522. The molecule has 0 saturated carbocycles. The van der Waals surface area contributed by atoms with E-state index in [0.717, 1.165) is 6.29 Å². The summed E-state index contributed by atoms with van der Waals surface area (Å²) in [5.41, 5.74) is 0. The highest BCUT2D eigenvalue weighted by Gasteiger charge is 2.25. The van der Waals surface area contributed by atoms with E-state index in [9.17, 15) is 4.79 Å². The van der Waals surface area contributed by atoms with E-state index in [1.54, 1.807) is 0 Å². The van der Waals surface area contributed by atoms with E-state index in [0.29, 0.717) is 5.76 Å². The second-order valence-corrected chi connectivity index (χ2v) is 2.62. The van der Waals surface area contributed by atoms with Crippen molar-refractivity contribution in [3.05, 3.63) is 36.1 Å². The molecule has 0 aromatic heterocycles. The first-order valence-corrected chi connectivity index (χ1v) is 3.59. The van der Waals surface area contributed by atoms with Crippen LogP contribution in [-0.4, -0.2) is 12.4 Å². The molecule has 0 aromatic carbocycles. The van der Waals surface area contributed by atoms with E-state index in [2.05, 4.69) is 0 Å². The fraction of sp³-hybridized carbons (Fsp3) is 0.222. The monoisotopic (exact) mass is 148 g/mol. The molecule has 2 atom stereocenters. The van der Waals surface area contributed by atoms with Crippen LogP contribution in [0.4, 0.5) is 0 Å². The molecule has 0 amide bonds. The summed E-state index contributed by atoms with van der Waals surface area (Å²) < 4.78 is 5.27. The average molecular weight is 148 g/mol. The molecule has 0 aromatic rings. The van der Waals surface area contributed by atoms with Crippen LogP contribution < -0.4 is 0 Å². The largest absolute Gasteiger partial charge is 0.482 e. The van der Waals surface area contributed by atoms with Crippen LogP contribution in [0, 0.1) is 5.92 Å². The van der Waals surface area contributed by atoms with Gasteiger partial charge in [-0.3, -0.25) is 4.79 Å². The van der Waals surface area contributed by atoms with Gasteiger partial charge in [0.2, 0.25) is 0 Å². The number of hydrogen-bond acceptors (Lipinski definition) is 2. The Labute approximate surface area is 64.9 Å². The lowest BCUT2D eigenvalue weighted by Gasteiger charge is -2.13. The van der Waals surface area contributed by atoms with Crippen LogP contribution >= 0.6 is 0 Å². The van der Waals surface area contributed by atoms with Crippen molar-refractivity contribution in [2.45, 2.75) is 6.10 Å². The smallest absolute Gasteiger partial charge is 0.184 e. The van der Waals surface area contributed by atoms with E-state index in [1.807, 2.05) is 30.4 Å². The van der Waals surface area contributed by atoms with Crippen molar-refractivity contribution in [3.63, 3.8) is 0 Å². The minimum Gasteiger partial charge on any atom is -0.482 e. The first-order chi connectivity index (χ1) is 5.40. The van der Waals surface area contributed by atoms with Crippen molar-refractivity contribution in [2.75, 3.05) is 0 Å². The summed E-state index contributed by atoms with van der Waals surface area (Å²) in [7, 11) is 0. The normalized spacial score (nSPS) is 32.5. The number of rotatable bonds is 1. The Hall–Kier alpha value is -1.31. The molecule has 0 spiro atoms. The van der Waals surface area contributed by atoms with Crippen LogP contribution in [0.3, 0.4) is 0 Å². The number of ether oxygens (including phenoxy) is 1. The lowest BCUT2D eigenvalue weighted by molar-refractivity contribution is -0.107. The maximum absolute atomic E-state index is 10.3. The third-order valence-corrected chi connectivity index (χ3v) is 1.87. The average Bonchev–Trinajstić information content (AvgIpc) is 2.46. The molecule has 0 radical (unpaired) electrons. The second kappa shape index (κ2) is 2.38. The van der Waals surface area contributed by atoms with Crippen molar-refractivity contribution in [2.24, 2.45) is 5.92 Å². The zero-order chi connectivity index (χ0) is 7.68. The number of carbonyl (C=O) groups is 1. The Morgan fingerprint density at radius 3 is 2.91 bits per heavy atom. The minimum absolute atomic E-state index is 0.0557. The standard InChI is InChI=1S/C9H8O2/c10-6-8-5-7-3-1-2-4-9(7)11-8/h1-7,9H. The topological polar surface area (TPSA) is 26.3 Å². The number of aldehydes is 1. The molecule has 0 bridgehead atoms. The van der Waals surface area contributed by atoms with Crippen LogP contribution in [-0.2, 0) is 9.53 Å². The summed E-state index contributed by atoms with van der Waals surface area (Å²) in [4.78, 5) is 10.3. The van der Waals surface area contributed by atoms with Gasteiger partial charge in [0.05, 0.1) is 0 Å². The predicted octanol–water partition coefficient (Wildman–Crippen LogP) is 1.21. The van der Waals surface area contributed by atoms with Gasteiger partial charge < -0.3 is 4.74 Å². The van der Waals surface area contributed by atoms with Crippen LogP contribution in [0.15, 0.2) is 36.1 Å². The first kappa shape index (κ1) is 6.40. The Morgan fingerprint density at radius 2 is 2.18 bits per heavy atom. The van der Waals surface area contributed by atoms with Crippen molar-refractivity contribution in [1.29, 1.82) is 0 Å². The van der Waals surface area contributed by atoms with Crippen LogP contribution in [0.5, 0.6) is 0 Å². The Kier molecular flexibility index (Phi) is 1.39. The summed E-state index contributed by atoms with van der Waals surface area (Å²) >= 11 is 0. The number of fused-ring (bicyclic) bond motifs is 1. The molecule has 0 N–H and O–H groups in total. The zero-order valence-electron chi connectivity index (χ0n) is 5.94. The molecule has 1 heterocycles. The Balaban J connectivity index is 2.22. The van der Waals surface area contributed by atoms with E-state index in [-0.39, 0.29) is 12.0 Å². The van der Waals surface area contributed by atoms with Gasteiger partial charge in [0.25, 0.3) is 0 Å². The van der Waals surface area contributed by atoms with Gasteiger partial charge in [0, 0.05) is 5.92 Å². The highest BCUT2D eigenvalue weighted by Crippen LogP contribution is 2.26. The molecule has 1 aliphatic carbocycles. The summed E-state index contributed by atoms with van der Waals surface area (Å²) in [5.74, 6) is 0.719. The summed E-state index contributed by atoms with van der Waals surface area (Å²) in [5, 5.41) is 0. The maximum Gasteiger partial charge on any atom is 0.184 e. The zero-order valence-corrected chi connectivity index (χ0v) is 5.94. The number of carbonyl (C=O) groups excluding carboxylic acids is 1. The van der Waals surface area contributed by atoms with Crippen molar-refractivity contribution < 1.29 is 9.53 Å². The number of allylic oxidation sites excluding steroid dienone is 3. The van der Waals surface area contributed by atoms with Gasteiger partial charge in [-0.2, -0.15) is 0 Å². The van der Waals surface area contributed by atoms with E-state index in [1.165, 1.54) is 0 Å². The molecule has 2 unspecified atom stereocenters. The van der Waals surface area contributed by atoms with Gasteiger partial charge in [0.1, 0.15) is 6.10 Å². The highest BCUT2D eigenvalue weighted by atomic mass is 16.5. The molecule has 0 fully saturated rings. The third kappa shape index (κ3) is 1.00. The maximum atomic E-state index is 10.3. The molecule has 2 rings (SSSR count). The van der Waals surface area contributed by atoms with Crippen LogP contribution in [0.2, 0.25) is 0 Å². The van der Waals surface area contributed by atoms with Gasteiger partial charge in [0.15, 0.2) is 12.0 Å². The van der Waals surface area contributed by atoms with Gasteiger partial charge in [-0.25, -0.2) is 0 Å². The third-order valence-electron chi connectivity index (χ3n) is 1.87. The van der Waals surface area contributed by atoms with Crippen molar-refractivity contribution in [1.82, 2.24) is 0 Å². The molecular weight excluding hydrogens is 140 g/mol. The fourth-order valence-corrected chi connectivity index (χ4v) is 1.33. The molecule has 2 aliphatic rings. The fourth-order valence-electron chi connectivity index (χ4n) is 1.33. The Bertz CT molecular complexity index is 261. The van der Waals surface area contributed by atoms with Gasteiger partial charge >= 0.3 is 0 Å². The molecule has 1 aliphatic heterocycles. The lowest BCUT2D eigenvalue weighted by atomic mass is 9.99. The molecule has 2 nitrogen and oxygen atoms in total. The Morgan fingerprint density at radius 1 is 1.36 bits per heavy atom. The molecule has 56 valence electrons.